The molecule has 0 amide bonds. The summed E-state index contributed by atoms with van der Waals surface area (Å²) in [6, 6.07) is 15.2. The van der Waals surface area contributed by atoms with Gasteiger partial charge in [-0.2, -0.15) is 0 Å². The number of aryl methyl sites for hydroxylation is 1. The van der Waals surface area contributed by atoms with E-state index in [9.17, 15) is 9.50 Å². The molecule has 2 aromatic carbocycles. The molecule has 5 nitrogen and oxygen atoms in total. The standard InChI is InChI=1S/C22H27FN4O/c1-25-21-5-3-2-4-20(21)24-22(25)16-26-11-12-27(19(15-26)10-13-28)14-17-6-8-18(23)9-7-17/h2-9,19,28H,10-16H2,1H3. The maximum absolute atomic E-state index is 13.2. The number of aliphatic hydroxyl groups excluding tert-OH is 1. The van der Waals surface area contributed by atoms with Crippen LogP contribution in [0.1, 0.15) is 17.8 Å². The molecule has 1 aliphatic heterocycles. The molecule has 0 aliphatic carbocycles. The summed E-state index contributed by atoms with van der Waals surface area (Å²) in [7, 11) is 2.07. The topological polar surface area (TPSA) is 44.5 Å². The van der Waals surface area contributed by atoms with E-state index in [4.69, 9.17) is 4.98 Å². The van der Waals surface area contributed by atoms with Crippen LogP contribution in [0, 0.1) is 5.82 Å². The van der Waals surface area contributed by atoms with E-state index in [-0.39, 0.29) is 18.5 Å². The molecule has 1 atom stereocenters. The van der Waals surface area contributed by atoms with Crippen LogP contribution in [0.25, 0.3) is 11.0 Å². The van der Waals surface area contributed by atoms with Crippen LogP contribution in [0.5, 0.6) is 0 Å². The number of aromatic nitrogens is 2. The first-order valence-corrected chi connectivity index (χ1v) is 9.86. The Morgan fingerprint density at radius 1 is 1.07 bits per heavy atom. The Hall–Kier alpha value is -2.28. The third-order valence-electron chi connectivity index (χ3n) is 5.69. The Morgan fingerprint density at radius 3 is 2.61 bits per heavy atom. The predicted octanol–water partition coefficient (Wildman–Crippen LogP) is 2.78. The van der Waals surface area contributed by atoms with Gasteiger partial charge in [0.15, 0.2) is 0 Å². The molecular formula is C22H27FN4O. The zero-order valence-corrected chi connectivity index (χ0v) is 16.3. The predicted molar refractivity (Wildman–Crippen MR) is 108 cm³/mol. The number of benzene rings is 2. The van der Waals surface area contributed by atoms with Crippen molar-refractivity contribution in [2.75, 3.05) is 26.2 Å². The fourth-order valence-corrected chi connectivity index (χ4v) is 4.09. The third-order valence-corrected chi connectivity index (χ3v) is 5.69. The zero-order valence-electron chi connectivity index (χ0n) is 16.3. The first kappa shape index (κ1) is 19.1. The number of halogens is 1. The molecule has 2 heterocycles. The molecule has 6 heteroatoms. The summed E-state index contributed by atoms with van der Waals surface area (Å²) in [5.74, 6) is 0.860. The molecule has 0 spiro atoms. The van der Waals surface area contributed by atoms with Gasteiger partial charge in [-0.05, 0) is 36.2 Å². The number of piperazine rings is 1. The maximum Gasteiger partial charge on any atom is 0.123 e. The smallest absolute Gasteiger partial charge is 0.123 e. The summed E-state index contributed by atoms with van der Waals surface area (Å²) in [6.07, 6.45) is 0.736. The van der Waals surface area contributed by atoms with Crippen molar-refractivity contribution in [2.45, 2.75) is 25.6 Å². The summed E-state index contributed by atoms with van der Waals surface area (Å²) < 4.78 is 15.3. The Bertz CT molecular complexity index is 924. The van der Waals surface area contributed by atoms with Gasteiger partial charge in [0.25, 0.3) is 0 Å². The van der Waals surface area contributed by atoms with Crippen LogP contribution in [0.2, 0.25) is 0 Å². The van der Waals surface area contributed by atoms with Gasteiger partial charge in [0, 0.05) is 45.9 Å². The van der Waals surface area contributed by atoms with Gasteiger partial charge in [-0.1, -0.05) is 24.3 Å². The van der Waals surface area contributed by atoms with Crippen LogP contribution < -0.4 is 0 Å². The molecular weight excluding hydrogens is 355 g/mol. The highest BCUT2D eigenvalue weighted by atomic mass is 19.1. The van der Waals surface area contributed by atoms with Gasteiger partial charge in [0.2, 0.25) is 0 Å². The third kappa shape index (κ3) is 4.09. The molecule has 0 bridgehead atoms. The van der Waals surface area contributed by atoms with Crippen molar-refractivity contribution in [3.63, 3.8) is 0 Å². The highest BCUT2D eigenvalue weighted by Crippen LogP contribution is 2.20. The SMILES string of the molecule is Cn1c(CN2CCN(Cc3ccc(F)cc3)C(CCO)C2)nc2ccccc21. The van der Waals surface area contributed by atoms with Crippen molar-refractivity contribution in [2.24, 2.45) is 7.05 Å². The number of rotatable bonds is 6. The van der Waals surface area contributed by atoms with E-state index >= 15 is 0 Å². The summed E-state index contributed by atoms with van der Waals surface area (Å²) in [6.45, 7) is 4.52. The number of hydrogen-bond donors (Lipinski definition) is 1. The van der Waals surface area contributed by atoms with E-state index < -0.39 is 0 Å². The molecule has 28 heavy (non-hydrogen) atoms. The van der Waals surface area contributed by atoms with Gasteiger partial charge >= 0.3 is 0 Å². The lowest BCUT2D eigenvalue weighted by Crippen LogP contribution is -2.52. The Morgan fingerprint density at radius 2 is 1.86 bits per heavy atom. The molecule has 4 rings (SSSR count). The normalized spacial score (nSPS) is 18.8. The van der Waals surface area contributed by atoms with E-state index in [1.54, 1.807) is 0 Å². The van der Waals surface area contributed by atoms with Crippen molar-refractivity contribution in [1.82, 2.24) is 19.4 Å². The number of para-hydroxylation sites is 2. The largest absolute Gasteiger partial charge is 0.396 e. The van der Waals surface area contributed by atoms with Gasteiger partial charge in [-0.25, -0.2) is 9.37 Å². The monoisotopic (exact) mass is 382 g/mol. The Labute approximate surface area is 165 Å². The minimum atomic E-state index is -0.206. The molecule has 0 saturated carbocycles. The van der Waals surface area contributed by atoms with Crippen molar-refractivity contribution in [1.29, 1.82) is 0 Å². The maximum atomic E-state index is 13.2. The lowest BCUT2D eigenvalue weighted by atomic mass is 10.1. The number of aliphatic hydroxyl groups is 1. The van der Waals surface area contributed by atoms with Crippen molar-refractivity contribution >= 4 is 11.0 Å². The van der Waals surface area contributed by atoms with Crippen LogP contribution in [0.4, 0.5) is 4.39 Å². The van der Waals surface area contributed by atoms with Crippen LogP contribution in [-0.4, -0.2) is 56.7 Å². The Kier molecular flexibility index (Phi) is 5.71. The van der Waals surface area contributed by atoms with Crippen molar-refractivity contribution < 1.29 is 9.50 Å². The minimum absolute atomic E-state index is 0.171. The van der Waals surface area contributed by atoms with E-state index in [2.05, 4.69) is 27.5 Å². The van der Waals surface area contributed by atoms with Gasteiger partial charge in [0.1, 0.15) is 11.6 Å². The number of imidazole rings is 1. The molecule has 1 unspecified atom stereocenters. The summed E-state index contributed by atoms with van der Waals surface area (Å²) in [5.41, 5.74) is 3.29. The van der Waals surface area contributed by atoms with Crippen LogP contribution in [0.15, 0.2) is 48.5 Å². The second-order valence-corrected chi connectivity index (χ2v) is 7.57. The molecule has 0 radical (unpaired) electrons. The quantitative estimate of drug-likeness (QED) is 0.712. The highest BCUT2D eigenvalue weighted by Gasteiger charge is 2.27. The fourth-order valence-electron chi connectivity index (χ4n) is 4.09. The summed E-state index contributed by atoms with van der Waals surface area (Å²) >= 11 is 0. The van der Waals surface area contributed by atoms with E-state index in [0.29, 0.717) is 0 Å². The molecule has 1 aromatic heterocycles. The van der Waals surface area contributed by atoms with Crippen molar-refractivity contribution in [3.8, 4) is 0 Å². The van der Waals surface area contributed by atoms with Gasteiger partial charge in [0.05, 0.1) is 17.6 Å². The first-order valence-electron chi connectivity index (χ1n) is 9.86. The summed E-state index contributed by atoms with van der Waals surface area (Å²) in [5, 5.41) is 9.54. The highest BCUT2D eigenvalue weighted by molar-refractivity contribution is 5.75. The molecule has 148 valence electrons. The van der Waals surface area contributed by atoms with Gasteiger partial charge in [-0.15, -0.1) is 0 Å². The van der Waals surface area contributed by atoms with Crippen LogP contribution in [0.3, 0.4) is 0 Å². The minimum Gasteiger partial charge on any atom is -0.396 e. The lowest BCUT2D eigenvalue weighted by Gasteiger charge is -2.41. The number of hydrogen-bond acceptors (Lipinski definition) is 4. The van der Waals surface area contributed by atoms with Gasteiger partial charge in [-0.3, -0.25) is 9.80 Å². The second-order valence-electron chi connectivity index (χ2n) is 7.57. The second kappa shape index (κ2) is 8.39. The number of nitrogens with zero attached hydrogens (tertiary/aromatic N) is 4. The van der Waals surface area contributed by atoms with Crippen LogP contribution >= 0.6 is 0 Å². The number of fused-ring (bicyclic) bond motifs is 1. The van der Waals surface area contributed by atoms with E-state index in [1.165, 1.54) is 12.1 Å². The molecule has 1 fully saturated rings. The average Bonchev–Trinajstić information content (AvgIpc) is 3.01. The Balaban J connectivity index is 1.44. The van der Waals surface area contributed by atoms with E-state index in [0.717, 1.165) is 61.6 Å². The molecule has 1 saturated heterocycles. The zero-order chi connectivity index (χ0) is 19.5. The summed E-state index contributed by atoms with van der Waals surface area (Å²) in [4.78, 5) is 9.61. The van der Waals surface area contributed by atoms with Gasteiger partial charge < -0.3 is 9.67 Å². The van der Waals surface area contributed by atoms with Crippen LogP contribution in [-0.2, 0) is 20.1 Å². The molecule has 3 aromatic rings. The average molecular weight is 382 g/mol. The van der Waals surface area contributed by atoms with Crippen molar-refractivity contribution in [3.05, 3.63) is 65.7 Å². The fraction of sp³-hybridized carbons (Fsp3) is 0.409. The molecule has 1 aliphatic rings. The van der Waals surface area contributed by atoms with E-state index in [1.807, 2.05) is 30.3 Å². The first-order chi connectivity index (χ1) is 13.6. The lowest BCUT2D eigenvalue weighted by molar-refractivity contribution is 0.0484. The molecule has 1 N–H and O–H groups in total.